The van der Waals surface area contributed by atoms with Crippen molar-refractivity contribution in [3.05, 3.63) is 47.0 Å². The molecular formula is C17H21NO2S. The standard InChI is InChI=1S/C17H21NO2S/c1-11-5-12(2)7-13(6-11)10-21-17-9-16(20-4)15(19-3)8-14(17)18/h5-9H,10,18H2,1-4H3. The second-order valence-corrected chi connectivity index (χ2v) is 6.05. The van der Waals surface area contributed by atoms with E-state index in [2.05, 4.69) is 32.0 Å². The fraction of sp³-hybridized carbons (Fsp3) is 0.294. The zero-order chi connectivity index (χ0) is 15.4. The Morgan fingerprint density at radius 2 is 1.48 bits per heavy atom. The van der Waals surface area contributed by atoms with Gasteiger partial charge in [-0.05, 0) is 25.5 Å². The zero-order valence-corrected chi connectivity index (χ0v) is 13.7. The van der Waals surface area contributed by atoms with Crippen LogP contribution in [0.15, 0.2) is 35.2 Å². The summed E-state index contributed by atoms with van der Waals surface area (Å²) >= 11 is 1.71. The van der Waals surface area contributed by atoms with E-state index in [9.17, 15) is 0 Å². The van der Waals surface area contributed by atoms with Crippen LogP contribution in [0.5, 0.6) is 11.5 Å². The number of thioether (sulfide) groups is 1. The summed E-state index contributed by atoms with van der Waals surface area (Å²) in [6.45, 7) is 4.23. The quantitative estimate of drug-likeness (QED) is 0.664. The van der Waals surface area contributed by atoms with Crippen molar-refractivity contribution in [2.24, 2.45) is 0 Å². The van der Waals surface area contributed by atoms with Gasteiger partial charge in [-0.1, -0.05) is 29.3 Å². The molecule has 0 spiro atoms. The van der Waals surface area contributed by atoms with Gasteiger partial charge < -0.3 is 15.2 Å². The fourth-order valence-electron chi connectivity index (χ4n) is 2.31. The van der Waals surface area contributed by atoms with Gasteiger partial charge in [-0.25, -0.2) is 0 Å². The molecule has 2 N–H and O–H groups in total. The van der Waals surface area contributed by atoms with E-state index in [0.29, 0.717) is 17.2 Å². The molecule has 0 amide bonds. The normalized spacial score (nSPS) is 10.5. The van der Waals surface area contributed by atoms with Crippen LogP contribution in [0.3, 0.4) is 0 Å². The maximum absolute atomic E-state index is 6.09. The molecule has 112 valence electrons. The van der Waals surface area contributed by atoms with Gasteiger partial charge >= 0.3 is 0 Å². The van der Waals surface area contributed by atoms with Crippen molar-refractivity contribution in [1.29, 1.82) is 0 Å². The molecule has 2 aromatic carbocycles. The molecule has 0 unspecified atom stereocenters. The summed E-state index contributed by atoms with van der Waals surface area (Å²) in [6, 6.07) is 10.3. The molecule has 4 heteroatoms. The average molecular weight is 303 g/mol. The first-order valence-corrected chi connectivity index (χ1v) is 7.73. The Bertz CT molecular complexity index is 621. The molecule has 0 atom stereocenters. The predicted octanol–water partition coefficient (Wildman–Crippen LogP) is 4.20. The smallest absolute Gasteiger partial charge is 0.162 e. The third kappa shape index (κ3) is 3.85. The SMILES string of the molecule is COc1cc(N)c(SCc2cc(C)cc(C)c2)cc1OC. The van der Waals surface area contributed by atoms with Gasteiger partial charge in [-0.3, -0.25) is 0 Å². The summed E-state index contributed by atoms with van der Waals surface area (Å²) in [7, 11) is 3.24. The van der Waals surface area contributed by atoms with Crippen molar-refractivity contribution in [2.45, 2.75) is 24.5 Å². The molecule has 0 aliphatic carbocycles. The lowest BCUT2D eigenvalue weighted by molar-refractivity contribution is 0.354. The molecule has 0 aliphatic heterocycles. The van der Waals surface area contributed by atoms with Crippen LogP contribution < -0.4 is 15.2 Å². The highest BCUT2D eigenvalue weighted by molar-refractivity contribution is 7.98. The molecule has 0 bridgehead atoms. The largest absolute Gasteiger partial charge is 0.493 e. The highest BCUT2D eigenvalue weighted by Gasteiger charge is 2.10. The maximum Gasteiger partial charge on any atom is 0.162 e. The van der Waals surface area contributed by atoms with Crippen LogP contribution in [0.1, 0.15) is 16.7 Å². The summed E-state index contributed by atoms with van der Waals surface area (Å²) in [5.74, 6) is 2.24. The van der Waals surface area contributed by atoms with E-state index in [4.69, 9.17) is 15.2 Å². The second kappa shape index (κ2) is 6.76. The minimum absolute atomic E-state index is 0.658. The molecule has 0 aliphatic rings. The van der Waals surface area contributed by atoms with Gasteiger partial charge in [-0.15, -0.1) is 11.8 Å². The third-order valence-corrected chi connectivity index (χ3v) is 4.33. The third-order valence-electron chi connectivity index (χ3n) is 3.19. The van der Waals surface area contributed by atoms with Crippen LogP contribution in [0.2, 0.25) is 0 Å². The molecule has 2 rings (SSSR count). The van der Waals surface area contributed by atoms with Gasteiger partial charge in [0, 0.05) is 22.4 Å². The Labute approximate surface area is 130 Å². The van der Waals surface area contributed by atoms with E-state index in [0.717, 1.165) is 10.6 Å². The van der Waals surface area contributed by atoms with Crippen molar-refractivity contribution in [3.8, 4) is 11.5 Å². The lowest BCUT2D eigenvalue weighted by atomic mass is 10.1. The average Bonchev–Trinajstić information content (AvgIpc) is 2.44. The molecule has 0 saturated heterocycles. The molecular weight excluding hydrogens is 282 g/mol. The van der Waals surface area contributed by atoms with E-state index in [1.807, 2.05) is 12.1 Å². The van der Waals surface area contributed by atoms with E-state index in [1.165, 1.54) is 16.7 Å². The van der Waals surface area contributed by atoms with Crippen molar-refractivity contribution in [3.63, 3.8) is 0 Å². The van der Waals surface area contributed by atoms with Crippen molar-refractivity contribution in [2.75, 3.05) is 20.0 Å². The Morgan fingerprint density at radius 1 is 0.905 bits per heavy atom. The fourth-order valence-corrected chi connectivity index (χ4v) is 3.22. The van der Waals surface area contributed by atoms with E-state index in [1.54, 1.807) is 26.0 Å². The summed E-state index contributed by atoms with van der Waals surface area (Å²) < 4.78 is 10.6. The summed E-state index contributed by atoms with van der Waals surface area (Å²) in [5, 5.41) is 0. The van der Waals surface area contributed by atoms with Crippen LogP contribution in [0.4, 0.5) is 5.69 Å². The first kappa shape index (κ1) is 15.6. The molecule has 2 aromatic rings. The molecule has 0 radical (unpaired) electrons. The summed E-state index contributed by atoms with van der Waals surface area (Å²) in [6.07, 6.45) is 0. The number of anilines is 1. The molecule has 21 heavy (non-hydrogen) atoms. The first-order chi connectivity index (χ1) is 10.0. The highest BCUT2D eigenvalue weighted by Crippen LogP contribution is 2.38. The zero-order valence-electron chi connectivity index (χ0n) is 12.9. The second-order valence-electron chi connectivity index (χ2n) is 5.03. The van der Waals surface area contributed by atoms with E-state index < -0.39 is 0 Å². The number of nitrogen functional groups attached to an aromatic ring is 1. The van der Waals surface area contributed by atoms with Gasteiger partial charge in [0.05, 0.1) is 14.2 Å². The monoisotopic (exact) mass is 303 g/mol. The van der Waals surface area contributed by atoms with Gasteiger partial charge in [0.1, 0.15) is 0 Å². The van der Waals surface area contributed by atoms with Crippen molar-refractivity contribution < 1.29 is 9.47 Å². The Balaban J connectivity index is 2.19. The number of nitrogens with two attached hydrogens (primary N) is 1. The van der Waals surface area contributed by atoms with E-state index >= 15 is 0 Å². The number of hydrogen-bond donors (Lipinski definition) is 1. The molecule has 0 fully saturated rings. The maximum atomic E-state index is 6.09. The minimum atomic E-state index is 0.658. The summed E-state index contributed by atoms with van der Waals surface area (Å²) in [5.41, 5.74) is 10.7. The number of hydrogen-bond acceptors (Lipinski definition) is 4. The van der Waals surface area contributed by atoms with E-state index in [-0.39, 0.29) is 0 Å². The highest BCUT2D eigenvalue weighted by atomic mass is 32.2. The number of ether oxygens (including phenoxy) is 2. The molecule has 0 saturated carbocycles. The van der Waals surface area contributed by atoms with Crippen molar-refractivity contribution >= 4 is 17.4 Å². The van der Waals surface area contributed by atoms with Gasteiger partial charge in [0.2, 0.25) is 0 Å². The van der Waals surface area contributed by atoms with Crippen LogP contribution in [-0.4, -0.2) is 14.2 Å². The Hall–Kier alpha value is -1.81. The van der Waals surface area contributed by atoms with Crippen molar-refractivity contribution in [1.82, 2.24) is 0 Å². The topological polar surface area (TPSA) is 44.5 Å². The van der Waals surface area contributed by atoms with Crippen LogP contribution >= 0.6 is 11.8 Å². The van der Waals surface area contributed by atoms with Gasteiger partial charge in [-0.2, -0.15) is 0 Å². The number of rotatable bonds is 5. The summed E-state index contributed by atoms with van der Waals surface area (Å²) in [4.78, 5) is 1.01. The molecule has 3 nitrogen and oxygen atoms in total. The number of benzene rings is 2. The van der Waals surface area contributed by atoms with Crippen LogP contribution in [0.25, 0.3) is 0 Å². The molecule has 0 aromatic heterocycles. The minimum Gasteiger partial charge on any atom is -0.493 e. The first-order valence-electron chi connectivity index (χ1n) is 6.75. The number of aryl methyl sites for hydroxylation is 2. The lowest BCUT2D eigenvalue weighted by Gasteiger charge is -2.12. The van der Waals surface area contributed by atoms with Crippen LogP contribution in [-0.2, 0) is 5.75 Å². The lowest BCUT2D eigenvalue weighted by Crippen LogP contribution is -1.95. The molecule has 0 heterocycles. The van der Waals surface area contributed by atoms with Gasteiger partial charge in [0.15, 0.2) is 11.5 Å². The Kier molecular flexibility index (Phi) is 5.02. The predicted molar refractivity (Wildman–Crippen MR) is 89.4 cm³/mol. The van der Waals surface area contributed by atoms with Gasteiger partial charge in [0.25, 0.3) is 0 Å². The number of methoxy groups -OCH3 is 2. The Morgan fingerprint density at radius 3 is 2.05 bits per heavy atom. The van der Waals surface area contributed by atoms with Crippen LogP contribution in [0, 0.1) is 13.8 Å².